The van der Waals surface area contributed by atoms with Gasteiger partial charge in [-0.2, -0.15) is 0 Å². The smallest absolute Gasteiger partial charge is 0.252 e. The van der Waals surface area contributed by atoms with Crippen molar-refractivity contribution in [2.24, 2.45) is 5.14 Å². The first kappa shape index (κ1) is 15.7. The van der Waals surface area contributed by atoms with Crippen molar-refractivity contribution in [3.8, 4) is 0 Å². The van der Waals surface area contributed by atoms with Crippen LogP contribution < -0.4 is 10.5 Å². The van der Waals surface area contributed by atoms with E-state index in [4.69, 9.17) is 5.14 Å². The zero-order valence-corrected chi connectivity index (χ0v) is 13.3. The topological polar surface area (TPSA) is 89.3 Å². The SMILES string of the molecule is Cc1ccc(S(N)(=O)=O)cc1C(=O)NC(C)c1cccs1. The number of rotatable bonds is 4. The Labute approximate surface area is 127 Å². The lowest BCUT2D eigenvalue weighted by Crippen LogP contribution is -2.27. The summed E-state index contributed by atoms with van der Waals surface area (Å²) >= 11 is 1.55. The zero-order valence-electron chi connectivity index (χ0n) is 11.7. The van der Waals surface area contributed by atoms with E-state index in [2.05, 4.69) is 5.32 Å². The maximum atomic E-state index is 12.3. The molecule has 0 fully saturated rings. The Morgan fingerprint density at radius 3 is 2.62 bits per heavy atom. The van der Waals surface area contributed by atoms with E-state index in [1.54, 1.807) is 24.3 Å². The Kier molecular flexibility index (Phi) is 4.46. The molecule has 0 spiro atoms. The fraction of sp³-hybridized carbons (Fsp3) is 0.214. The fourth-order valence-corrected chi connectivity index (χ4v) is 3.18. The van der Waals surface area contributed by atoms with Crippen LogP contribution in [0, 0.1) is 6.92 Å². The monoisotopic (exact) mass is 324 g/mol. The molecule has 21 heavy (non-hydrogen) atoms. The molecule has 5 nitrogen and oxygen atoms in total. The lowest BCUT2D eigenvalue weighted by Gasteiger charge is -2.14. The third-order valence-electron chi connectivity index (χ3n) is 3.10. The van der Waals surface area contributed by atoms with Gasteiger partial charge in [-0.1, -0.05) is 12.1 Å². The number of benzene rings is 1. The van der Waals surface area contributed by atoms with Gasteiger partial charge in [-0.25, -0.2) is 13.6 Å². The first-order valence-electron chi connectivity index (χ1n) is 6.27. The van der Waals surface area contributed by atoms with Crippen LogP contribution in [-0.4, -0.2) is 14.3 Å². The molecule has 0 radical (unpaired) electrons. The van der Waals surface area contributed by atoms with Crippen molar-refractivity contribution in [1.29, 1.82) is 0 Å². The van der Waals surface area contributed by atoms with E-state index in [9.17, 15) is 13.2 Å². The number of nitrogens with two attached hydrogens (primary N) is 1. The van der Waals surface area contributed by atoms with E-state index in [0.717, 1.165) is 4.88 Å². The number of aryl methyl sites for hydroxylation is 1. The fourth-order valence-electron chi connectivity index (χ4n) is 1.91. The van der Waals surface area contributed by atoms with Crippen molar-refractivity contribution in [2.45, 2.75) is 24.8 Å². The Hall–Kier alpha value is -1.70. The summed E-state index contributed by atoms with van der Waals surface area (Å²) in [5, 5.41) is 9.89. The lowest BCUT2D eigenvalue weighted by atomic mass is 10.1. The van der Waals surface area contributed by atoms with E-state index < -0.39 is 10.0 Å². The Bertz CT molecular complexity index is 753. The molecule has 2 aromatic rings. The second-order valence-corrected chi connectivity index (χ2v) is 7.27. The molecule has 2 rings (SSSR count). The molecule has 0 aliphatic heterocycles. The van der Waals surface area contributed by atoms with Crippen molar-refractivity contribution in [3.63, 3.8) is 0 Å². The summed E-state index contributed by atoms with van der Waals surface area (Å²) < 4.78 is 22.8. The molecule has 1 heterocycles. The average molecular weight is 324 g/mol. The molecule has 1 atom stereocenters. The molecule has 0 saturated carbocycles. The molecule has 0 bridgehead atoms. The van der Waals surface area contributed by atoms with Crippen LogP contribution in [0.3, 0.4) is 0 Å². The number of nitrogens with one attached hydrogen (secondary N) is 1. The van der Waals surface area contributed by atoms with E-state index in [-0.39, 0.29) is 16.8 Å². The van der Waals surface area contributed by atoms with Gasteiger partial charge in [0.2, 0.25) is 10.0 Å². The molecule has 1 aromatic heterocycles. The summed E-state index contributed by atoms with van der Waals surface area (Å²) in [6.45, 7) is 3.63. The van der Waals surface area contributed by atoms with Crippen molar-refractivity contribution in [2.75, 3.05) is 0 Å². The number of sulfonamides is 1. The molecule has 3 N–H and O–H groups in total. The largest absolute Gasteiger partial charge is 0.345 e. The van der Waals surface area contributed by atoms with Gasteiger partial charge in [-0.05, 0) is 43.0 Å². The third-order valence-corrected chi connectivity index (χ3v) is 5.07. The number of hydrogen-bond donors (Lipinski definition) is 2. The average Bonchev–Trinajstić information content (AvgIpc) is 2.91. The van der Waals surface area contributed by atoms with Crippen molar-refractivity contribution < 1.29 is 13.2 Å². The molecule has 1 aromatic carbocycles. The number of amides is 1. The van der Waals surface area contributed by atoms with Crippen LogP contribution >= 0.6 is 11.3 Å². The van der Waals surface area contributed by atoms with Crippen LogP contribution in [0.15, 0.2) is 40.6 Å². The molecule has 0 aliphatic carbocycles. The molecule has 7 heteroatoms. The van der Waals surface area contributed by atoms with Crippen LogP contribution in [-0.2, 0) is 10.0 Å². The normalized spacial score (nSPS) is 12.9. The highest BCUT2D eigenvalue weighted by Gasteiger charge is 2.17. The number of hydrogen-bond acceptors (Lipinski definition) is 4. The summed E-state index contributed by atoms with van der Waals surface area (Å²) in [7, 11) is -3.83. The Morgan fingerprint density at radius 2 is 2.05 bits per heavy atom. The molecule has 1 unspecified atom stereocenters. The van der Waals surface area contributed by atoms with Crippen molar-refractivity contribution in [1.82, 2.24) is 5.32 Å². The Morgan fingerprint density at radius 1 is 1.33 bits per heavy atom. The van der Waals surface area contributed by atoms with Gasteiger partial charge in [0, 0.05) is 10.4 Å². The molecule has 0 saturated heterocycles. The van der Waals surface area contributed by atoms with Crippen LogP contribution in [0.4, 0.5) is 0 Å². The van der Waals surface area contributed by atoms with Crippen LogP contribution in [0.25, 0.3) is 0 Å². The molecule has 1 amide bonds. The summed E-state index contributed by atoms with van der Waals surface area (Å²) in [6, 6.07) is 7.98. The van der Waals surface area contributed by atoms with Gasteiger partial charge in [0.05, 0.1) is 10.9 Å². The van der Waals surface area contributed by atoms with Crippen molar-refractivity contribution in [3.05, 3.63) is 51.7 Å². The van der Waals surface area contributed by atoms with Crippen LogP contribution in [0.5, 0.6) is 0 Å². The lowest BCUT2D eigenvalue weighted by molar-refractivity contribution is 0.0939. The number of primary sulfonamides is 1. The maximum absolute atomic E-state index is 12.3. The second kappa shape index (κ2) is 5.97. The summed E-state index contributed by atoms with van der Waals surface area (Å²) in [6.07, 6.45) is 0. The predicted octanol–water partition coefficient (Wildman–Crippen LogP) is 2.19. The number of carbonyl (C=O) groups excluding carboxylic acids is 1. The van der Waals surface area contributed by atoms with Gasteiger partial charge < -0.3 is 5.32 Å². The van der Waals surface area contributed by atoms with E-state index in [1.165, 1.54) is 12.1 Å². The number of thiophene rings is 1. The number of carbonyl (C=O) groups is 1. The minimum absolute atomic E-state index is 0.0676. The van der Waals surface area contributed by atoms with Gasteiger partial charge in [-0.15, -0.1) is 11.3 Å². The van der Waals surface area contributed by atoms with Crippen molar-refractivity contribution >= 4 is 27.3 Å². The maximum Gasteiger partial charge on any atom is 0.252 e. The quantitative estimate of drug-likeness (QED) is 0.903. The van der Waals surface area contributed by atoms with Gasteiger partial charge >= 0.3 is 0 Å². The first-order valence-corrected chi connectivity index (χ1v) is 8.69. The first-order chi connectivity index (χ1) is 9.79. The second-order valence-electron chi connectivity index (χ2n) is 4.73. The molecule has 112 valence electrons. The predicted molar refractivity (Wildman–Crippen MR) is 82.8 cm³/mol. The molecular formula is C14H16N2O3S2. The summed E-state index contributed by atoms with van der Waals surface area (Å²) in [4.78, 5) is 13.3. The third kappa shape index (κ3) is 3.69. The molecular weight excluding hydrogens is 308 g/mol. The highest BCUT2D eigenvalue weighted by molar-refractivity contribution is 7.89. The highest BCUT2D eigenvalue weighted by Crippen LogP contribution is 2.20. The zero-order chi connectivity index (χ0) is 15.6. The van der Waals surface area contributed by atoms with Gasteiger partial charge in [0.1, 0.15) is 0 Å². The summed E-state index contributed by atoms with van der Waals surface area (Å²) in [5.41, 5.74) is 1.00. The van der Waals surface area contributed by atoms with Gasteiger partial charge in [0.15, 0.2) is 0 Å². The van der Waals surface area contributed by atoms with Gasteiger partial charge in [-0.3, -0.25) is 4.79 Å². The van der Waals surface area contributed by atoms with E-state index in [1.807, 2.05) is 24.4 Å². The summed E-state index contributed by atoms with van der Waals surface area (Å²) in [5.74, 6) is -0.320. The van der Waals surface area contributed by atoms with Gasteiger partial charge in [0.25, 0.3) is 5.91 Å². The molecule has 0 aliphatic rings. The minimum atomic E-state index is -3.83. The van der Waals surface area contributed by atoms with Crippen LogP contribution in [0.1, 0.15) is 33.8 Å². The van der Waals surface area contributed by atoms with E-state index >= 15 is 0 Å². The highest BCUT2D eigenvalue weighted by atomic mass is 32.2. The minimum Gasteiger partial charge on any atom is -0.345 e. The van der Waals surface area contributed by atoms with Crippen LogP contribution in [0.2, 0.25) is 0 Å². The Balaban J connectivity index is 2.27. The standard InChI is InChI=1S/C14H16N2O3S2/c1-9-5-6-11(21(15,18)19)8-12(9)14(17)16-10(2)13-4-3-7-20-13/h3-8,10H,1-2H3,(H,16,17)(H2,15,18,19). The van der Waals surface area contributed by atoms with E-state index in [0.29, 0.717) is 11.1 Å².